The fraction of sp³-hybridized carbons (Fsp3) is 0.833. The summed E-state index contributed by atoms with van der Waals surface area (Å²) >= 11 is 0. The zero-order valence-electron chi connectivity index (χ0n) is 8.26. The van der Waals surface area contributed by atoms with Crippen LogP contribution in [0.4, 0.5) is 0 Å². The van der Waals surface area contributed by atoms with E-state index >= 15 is 0 Å². The van der Waals surface area contributed by atoms with E-state index in [1.807, 2.05) is 0 Å². The highest BCUT2D eigenvalue weighted by Gasteiger charge is 2.31. The normalized spacial score (nSPS) is 32.2. The number of hydrogen-bond acceptors (Lipinski definition) is 1. The van der Waals surface area contributed by atoms with Gasteiger partial charge >= 0.3 is 0 Å². The highest BCUT2D eigenvalue weighted by Crippen LogP contribution is 2.37. The fourth-order valence-corrected chi connectivity index (χ4v) is 2.16. The van der Waals surface area contributed by atoms with Crippen LogP contribution in [0.3, 0.4) is 0 Å². The minimum atomic E-state index is 0.869. The van der Waals surface area contributed by atoms with Gasteiger partial charge in [0.2, 0.25) is 0 Å². The summed E-state index contributed by atoms with van der Waals surface area (Å²) in [4.78, 5) is 0. The van der Waals surface area contributed by atoms with Crippen molar-refractivity contribution in [2.75, 3.05) is 6.54 Å². The smallest absolute Gasteiger partial charge is 0.00888 e. The highest BCUT2D eigenvalue weighted by atomic mass is 14.9. The zero-order chi connectivity index (χ0) is 9.10. The molecule has 2 rings (SSSR count). The van der Waals surface area contributed by atoms with Crippen LogP contribution in [0.1, 0.15) is 38.5 Å². The van der Waals surface area contributed by atoms with E-state index in [9.17, 15) is 0 Å². The minimum Gasteiger partial charge on any atom is -0.314 e. The van der Waals surface area contributed by atoms with Crippen molar-refractivity contribution in [3.05, 3.63) is 0 Å². The van der Waals surface area contributed by atoms with E-state index in [0.717, 1.165) is 24.3 Å². The van der Waals surface area contributed by atoms with E-state index < -0.39 is 0 Å². The maximum atomic E-state index is 5.27. The summed E-state index contributed by atoms with van der Waals surface area (Å²) in [6.07, 6.45) is 13.2. The Kier molecular flexibility index (Phi) is 2.90. The Morgan fingerprint density at radius 3 is 2.46 bits per heavy atom. The molecule has 0 radical (unpaired) electrons. The molecule has 0 aromatic rings. The third-order valence-corrected chi connectivity index (χ3v) is 3.48. The van der Waals surface area contributed by atoms with Crippen LogP contribution in [0.2, 0.25) is 0 Å². The van der Waals surface area contributed by atoms with Gasteiger partial charge in [-0.1, -0.05) is 0 Å². The molecule has 2 unspecified atom stereocenters. The molecule has 1 N–H and O–H groups in total. The van der Waals surface area contributed by atoms with Crippen LogP contribution in [0.25, 0.3) is 0 Å². The topological polar surface area (TPSA) is 12.0 Å². The van der Waals surface area contributed by atoms with Crippen molar-refractivity contribution in [1.82, 2.24) is 5.32 Å². The summed E-state index contributed by atoms with van der Waals surface area (Å²) < 4.78 is 0. The van der Waals surface area contributed by atoms with E-state index in [1.54, 1.807) is 0 Å². The molecule has 0 amide bonds. The lowest BCUT2D eigenvalue weighted by molar-refractivity contribution is 0.161. The molecule has 1 nitrogen and oxygen atoms in total. The van der Waals surface area contributed by atoms with E-state index in [1.165, 1.54) is 38.6 Å². The molecule has 2 aliphatic rings. The lowest BCUT2D eigenvalue weighted by Crippen LogP contribution is -2.36. The fourth-order valence-electron chi connectivity index (χ4n) is 2.16. The van der Waals surface area contributed by atoms with Gasteiger partial charge in [-0.3, -0.25) is 0 Å². The summed E-state index contributed by atoms with van der Waals surface area (Å²) in [7, 11) is 0. The summed E-state index contributed by atoms with van der Waals surface area (Å²) in [5.41, 5.74) is 0. The van der Waals surface area contributed by atoms with Crippen LogP contribution in [0.5, 0.6) is 0 Å². The van der Waals surface area contributed by atoms with Crippen molar-refractivity contribution >= 4 is 0 Å². The standard InChI is InChI=1S/C12H19N/c1-2-3-4-10-5-6-11(10)9-13-12-7-8-12/h1,10-13H,3-9H2. The summed E-state index contributed by atoms with van der Waals surface area (Å²) in [6, 6.07) is 0.869. The molecule has 13 heavy (non-hydrogen) atoms. The first-order valence-electron chi connectivity index (χ1n) is 5.57. The molecule has 72 valence electrons. The number of rotatable bonds is 5. The maximum Gasteiger partial charge on any atom is 0.00888 e. The molecule has 2 saturated carbocycles. The monoisotopic (exact) mass is 177 g/mol. The average Bonchev–Trinajstić information content (AvgIpc) is 2.87. The van der Waals surface area contributed by atoms with E-state index in [-0.39, 0.29) is 0 Å². The zero-order valence-corrected chi connectivity index (χ0v) is 8.26. The van der Waals surface area contributed by atoms with Crippen molar-refractivity contribution in [1.29, 1.82) is 0 Å². The molecule has 0 aliphatic heterocycles. The molecule has 2 fully saturated rings. The highest BCUT2D eigenvalue weighted by molar-refractivity contribution is 4.90. The molecule has 0 heterocycles. The van der Waals surface area contributed by atoms with Crippen LogP contribution >= 0.6 is 0 Å². The first kappa shape index (κ1) is 9.09. The minimum absolute atomic E-state index is 0.869. The van der Waals surface area contributed by atoms with Crippen molar-refractivity contribution in [3.63, 3.8) is 0 Å². The van der Waals surface area contributed by atoms with Gasteiger partial charge in [-0.15, -0.1) is 12.3 Å². The van der Waals surface area contributed by atoms with Crippen LogP contribution in [0, 0.1) is 24.2 Å². The second kappa shape index (κ2) is 4.15. The Morgan fingerprint density at radius 1 is 1.15 bits per heavy atom. The molecular weight excluding hydrogens is 158 g/mol. The molecule has 0 aromatic carbocycles. The van der Waals surface area contributed by atoms with Crippen molar-refractivity contribution in [2.24, 2.45) is 11.8 Å². The van der Waals surface area contributed by atoms with Crippen LogP contribution in [0.15, 0.2) is 0 Å². The van der Waals surface area contributed by atoms with E-state index in [2.05, 4.69) is 11.2 Å². The van der Waals surface area contributed by atoms with Gasteiger partial charge in [0, 0.05) is 12.5 Å². The van der Waals surface area contributed by atoms with Crippen molar-refractivity contribution < 1.29 is 0 Å². The SMILES string of the molecule is C#CCCC1CCC1CNC1CC1. The summed E-state index contributed by atoms with van der Waals surface area (Å²) in [5, 5.41) is 3.61. The summed E-state index contributed by atoms with van der Waals surface area (Å²) in [5.74, 6) is 4.62. The largest absolute Gasteiger partial charge is 0.314 e. The lowest BCUT2D eigenvalue weighted by Gasteiger charge is -2.36. The number of terminal acetylenes is 1. The molecule has 1 heteroatoms. The van der Waals surface area contributed by atoms with Crippen LogP contribution in [-0.2, 0) is 0 Å². The van der Waals surface area contributed by atoms with Gasteiger partial charge in [-0.05, 0) is 50.5 Å². The van der Waals surface area contributed by atoms with Gasteiger partial charge in [0.1, 0.15) is 0 Å². The predicted molar refractivity (Wildman–Crippen MR) is 55.3 cm³/mol. The number of nitrogens with one attached hydrogen (secondary N) is 1. The Balaban J connectivity index is 1.59. The van der Waals surface area contributed by atoms with Crippen LogP contribution < -0.4 is 5.32 Å². The Bertz CT molecular complexity index is 200. The second-order valence-corrected chi connectivity index (χ2v) is 4.52. The molecule has 0 aromatic heterocycles. The van der Waals surface area contributed by atoms with E-state index in [4.69, 9.17) is 6.42 Å². The summed E-state index contributed by atoms with van der Waals surface area (Å²) in [6.45, 7) is 1.25. The van der Waals surface area contributed by atoms with Gasteiger partial charge in [-0.25, -0.2) is 0 Å². The van der Waals surface area contributed by atoms with Crippen molar-refractivity contribution in [3.8, 4) is 12.3 Å². The van der Waals surface area contributed by atoms with Crippen molar-refractivity contribution in [2.45, 2.75) is 44.6 Å². The molecule has 0 bridgehead atoms. The molecule has 0 saturated heterocycles. The first-order valence-corrected chi connectivity index (χ1v) is 5.57. The Morgan fingerprint density at radius 2 is 1.92 bits per heavy atom. The predicted octanol–water partition coefficient (Wildman–Crippen LogP) is 2.18. The molecule has 2 aliphatic carbocycles. The lowest BCUT2D eigenvalue weighted by atomic mass is 9.71. The third-order valence-electron chi connectivity index (χ3n) is 3.48. The van der Waals surface area contributed by atoms with Gasteiger partial charge in [0.05, 0.1) is 0 Å². The average molecular weight is 177 g/mol. The van der Waals surface area contributed by atoms with Gasteiger partial charge in [-0.2, -0.15) is 0 Å². The third kappa shape index (κ3) is 2.48. The molecule has 0 spiro atoms. The van der Waals surface area contributed by atoms with Crippen LogP contribution in [-0.4, -0.2) is 12.6 Å². The molecule has 2 atom stereocenters. The quantitative estimate of drug-likeness (QED) is 0.635. The Labute approximate surface area is 81.3 Å². The van der Waals surface area contributed by atoms with Gasteiger partial charge < -0.3 is 5.32 Å². The van der Waals surface area contributed by atoms with Gasteiger partial charge in [0.15, 0.2) is 0 Å². The number of hydrogen-bond donors (Lipinski definition) is 1. The van der Waals surface area contributed by atoms with Gasteiger partial charge in [0.25, 0.3) is 0 Å². The first-order chi connectivity index (χ1) is 6.40. The molecular formula is C12H19N. The Hall–Kier alpha value is -0.480. The van der Waals surface area contributed by atoms with E-state index in [0.29, 0.717) is 0 Å². The second-order valence-electron chi connectivity index (χ2n) is 4.52. The maximum absolute atomic E-state index is 5.27.